The van der Waals surface area contributed by atoms with Crippen molar-refractivity contribution in [2.24, 2.45) is 5.73 Å². The monoisotopic (exact) mass is 427 g/mol. The van der Waals surface area contributed by atoms with Crippen molar-refractivity contribution >= 4 is 42.1 Å². The molecular weight excluding hydrogens is 405 g/mol. The predicted octanol–water partition coefficient (Wildman–Crippen LogP) is 2.86. The number of hydrogen-bond donors (Lipinski definition) is 2. The van der Waals surface area contributed by atoms with E-state index in [9.17, 15) is 4.79 Å². The van der Waals surface area contributed by atoms with Gasteiger partial charge in [0.1, 0.15) is 11.5 Å². The summed E-state index contributed by atoms with van der Waals surface area (Å²) in [6.07, 6.45) is 5.32. The number of rotatable bonds is 8. The maximum atomic E-state index is 12.2. The van der Waals surface area contributed by atoms with Gasteiger partial charge in [-0.2, -0.15) is 0 Å². The van der Waals surface area contributed by atoms with Crippen LogP contribution >= 0.6 is 36.2 Å². The van der Waals surface area contributed by atoms with Crippen LogP contribution in [0.3, 0.4) is 0 Å². The lowest BCUT2D eigenvalue weighted by Crippen LogP contribution is -2.25. The summed E-state index contributed by atoms with van der Waals surface area (Å²) in [5.41, 5.74) is 7.23. The Labute approximate surface area is 175 Å². The molecule has 2 aromatic heterocycles. The van der Waals surface area contributed by atoms with E-state index < -0.39 is 0 Å². The minimum atomic E-state index is -0.183. The van der Waals surface area contributed by atoms with Crippen molar-refractivity contribution < 1.29 is 4.79 Å². The number of benzene rings is 1. The number of aryl methyl sites for hydroxylation is 2. The van der Waals surface area contributed by atoms with Gasteiger partial charge in [0.05, 0.1) is 11.6 Å². The molecule has 0 aliphatic carbocycles. The highest BCUT2D eigenvalue weighted by Crippen LogP contribution is 2.10. The minimum absolute atomic E-state index is 0. The van der Waals surface area contributed by atoms with Crippen molar-refractivity contribution in [1.82, 2.24) is 19.9 Å². The number of imidazole rings is 1. The van der Waals surface area contributed by atoms with Crippen LogP contribution in [0.2, 0.25) is 0 Å². The molecule has 0 atom stereocenters. The number of nitrogens with one attached hydrogen (secondary N) is 1. The molecule has 3 aromatic rings. The molecule has 9 heteroatoms. The Kier molecular flexibility index (Phi) is 10.0. The van der Waals surface area contributed by atoms with Crippen molar-refractivity contribution in [2.45, 2.75) is 25.9 Å². The fourth-order valence-electron chi connectivity index (χ4n) is 2.51. The topological polar surface area (TPSA) is 85.8 Å². The second-order valence-electron chi connectivity index (χ2n) is 5.62. The van der Waals surface area contributed by atoms with Gasteiger partial charge in [-0.15, -0.1) is 36.2 Å². The molecule has 2 heterocycles. The second kappa shape index (κ2) is 11.7. The van der Waals surface area contributed by atoms with Gasteiger partial charge in [0.2, 0.25) is 0 Å². The van der Waals surface area contributed by atoms with Gasteiger partial charge in [-0.3, -0.25) is 4.79 Å². The van der Waals surface area contributed by atoms with E-state index in [4.69, 9.17) is 5.73 Å². The quantitative estimate of drug-likeness (QED) is 0.578. The molecule has 0 saturated carbocycles. The van der Waals surface area contributed by atoms with E-state index in [1.165, 1.54) is 16.9 Å². The average Bonchev–Trinajstić information content (AvgIpc) is 3.28. The number of nitrogens with two attached hydrogens (primary N) is 1. The van der Waals surface area contributed by atoms with Crippen molar-refractivity contribution in [3.8, 4) is 0 Å². The standard InChI is InChI=1S/C18H21N5OS.2ClH/c19-8-6-17-22-15(13-25-17)18(24)21-12-16-20-9-11-23(16)10-7-14-4-2-1-3-5-14;;/h1-5,9,11,13H,6-8,10,12,19H2,(H,21,24);2*1H. The molecule has 0 fully saturated rings. The molecule has 1 amide bonds. The van der Waals surface area contributed by atoms with Crippen LogP contribution in [0, 0.1) is 0 Å². The highest BCUT2D eigenvalue weighted by molar-refractivity contribution is 7.09. The molecular formula is C18H23Cl2N5OS. The molecule has 0 bridgehead atoms. The number of aromatic nitrogens is 3. The summed E-state index contributed by atoms with van der Waals surface area (Å²) < 4.78 is 2.06. The number of hydrogen-bond acceptors (Lipinski definition) is 5. The molecule has 146 valence electrons. The van der Waals surface area contributed by atoms with Crippen LogP contribution in [-0.2, 0) is 25.9 Å². The molecule has 0 aliphatic rings. The maximum Gasteiger partial charge on any atom is 0.271 e. The Morgan fingerprint density at radius 2 is 1.96 bits per heavy atom. The number of carbonyl (C=O) groups excluding carboxylic acids is 1. The van der Waals surface area contributed by atoms with Gasteiger partial charge in [-0.05, 0) is 18.5 Å². The van der Waals surface area contributed by atoms with E-state index in [-0.39, 0.29) is 30.7 Å². The van der Waals surface area contributed by atoms with Gasteiger partial charge < -0.3 is 15.6 Å². The first-order chi connectivity index (χ1) is 12.3. The third-order valence-corrected chi connectivity index (χ3v) is 4.74. The molecule has 0 saturated heterocycles. The normalized spacial score (nSPS) is 9.96. The van der Waals surface area contributed by atoms with E-state index >= 15 is 0 Å². The Hall–Kier alpha value is -1.93. The lowest BCUT2D eigenvalue weighted by atomic mass is 10.1. The summed E-state index contributed by atoms with van der Waals surface area (Å²) in [5.74, 6) is 0.652. The minimum Gasteiger partial charge on any atom is -0.343 e. The summed E-state index contributed by atoms with van der Waals surface area (Å²) in [4.78, 5) is 20.9. The van der Waals surface area contributed by atoms with Gasteiger partial charge in [-0.1, -0.05) is 30.3 Å². The van der Waals surface area contributed by atoms with E-state index in [0.717, 1.165) is 23.8 Å². The Morgan fingerprint density at radius 1 is 1.19 bits per heavy atom. The number of halogens is 2. The number of amides is 1. The molecule has 3 N–H and O–H groups in total. The summed E-state index contributed by atoms with van der Waals surface area (Å²) >= 11 is 1.46. The van der Waals surface area contributed by atoms with Gasteiger partial charge in [-0.25, -0.2) is 9.97 Å². The SMILES string of the molecule is Cl.Cl.NCCc1nc(C(=O)NCc2nccn2CCc2ccccc2)cs1. The zero-order valence-electron chi connectivity index (χ0n) is 14.7. The Bertz CT molecular complexity index is 822. The summed E-state index contributed by atoms with van der Waals surface area (Å²) in [6.45, 7) is 1.74. The third-order valence-electron chi connectivity index (χ3n) is 3.84. The molecule has 0 spiro atoms. The zero-order valence-corrected chi connectivity index (χ0v) is 17.2. The summed E-state index contributed by atoms with van der Waals surface area (Å²) in [6, 6.07) is 10.3. The van der Waals surface area contributed by atoms with E-state index in [2.05, 4.69) is 32.0 Å². The van der Waals surface area contributed by atoms with Crippen molar-refractivity contribution in [3.05, 3.63) is 70.2 Å². The van der Waals surface area contributed by atoms with Gasteiger partial charge in [0, 0.05) is 30.7 Å². The van der Waals surface area contributed by atoms with Crippen LogP contribution in [0.5, 0.6) is 0 Å². The maximum absolute atomic E-state index is 12.2. The van der Waals surface area contributed by atoms with E-state index in [1.54, 1.807) is 11.6 Å². The first kappa shape index (κ1) is 23.1. The number of nitrogens with zero attached hydrogens (tertiary/aromatic N) is 3. The van der Waals surface area contributed by atoms with E-state index in [0.29, 0.717) is 25.2 Å². The van der Waals surface area contributed by atoms with Crippen molar-refractivity contribution in [2.75, 3.05) is 6.54 Å². The molecule has 0 radical (unpaired) electrons. The Morgan fingerprint density at radius 3 is 2.70 bits per heavy atom. The smallest absolute Gasteiger partial charge is 0.271 e. The van der Waals surface area contributed by atoms with Crippen LogP contribution in [0.4, 0.5) is 0 Å². The molecule has 6 nitrogen and oxygen atoms in total. The van der Waals surface area contributed by atoms with Crippen LogP contribution < -0.4 is 11.1 Å². The number of carbonyl (C=O) groups is 1. The predicted molar refractivity (Wildman–Crippen MR) is 113 cm³/mol. The van der Waals surface area contributed by atoms with Crippen LogP contribution in [-0.4, -0.2) is 27.0 Å². The lowest BCUT2D eigenvalue weighted by Gasteiger charge is -2.08. The van der Waals surface area contributed by atoms with Crippen molar-refractivity contribution in [1.29, 1.82) is 0 Å². The largest absolute Gasteiger partial charge is 0.343 e. The van der Waals surface area contributed by atoms with Crippen LogP contribution in [0.15, 0.2) is 48.1 Å². The van der Waals surface area contributed by atoms with E-state index in [1.807, 2.05) is 24.4 Å². The molecule has 0 unspecified atom stereocenters. The third kappa shape index (κ3) is 6.62. The van der Waals surface area contributed by atoms with Gasteiger partial charge >= 0.3 is 0 Å². The summed E-state index contributed by atoms with van der Waals surface area (Å²) in [7, 11) is 0. The first-order valence-corrected chi connectivity index (χ1v) is 9.11. The highest BCUT2D eigenvalue weighted by atomic mass is 35.5. The molecule has 3 rings (SSSR count). The van der Waals surface area contributed by atoms with Crippen molar-refractivity contribution in [3.63, 3.8) is 0 Å². The second-order valence-corrected chi connectivity index (χ2v) is 6.56. The fourth-order valence-corrected chi connectivity index (χ4v) is 3.30. The molecule has 0 aliphatic heterocycles. The van der Waals surface area contributed by atoms with Crippen LogP contribution in [0.25, 0.3) is 0 Å². The summed E-state index contributed by atoms with van der Waals surface area (Å²) in [5, 5.41) is 5.54. The average molecular weight is 428 g/mol. The Balaban J connectivity index is 0.00000182. The van der Waals surface area contributed by atoms with Gasteiger partial charge in [0.15, 0.2) is 0 Å². The molecule has 27 heavy (non-hydrogen) atoms. The first-order valence-electron chi connectivity index (χ1n) is 8.23. The van der Waals surface area contributed by atoms with Crippen LogP contribution in [0.1, 0.15) is 26.9 Å². The van der Waals surface area contributed by atoms with Gasteiger partial charge in [0.25, 0.3) is 5.91 Å². The zero-order chi connectivity index (χ0) is 17.5. The fraction of sp³-hybridized carbons (Fsp3) is 0.278. The highest BCUT2D eigenvalue weighted by Gasteiger charge is 2.11. The molecule has 1 aromatic carbocycles. The number of thiazole rings is 1. The lowest BCUT2D eigenvalue weighted by molar-refractivity contribution is 0.0945.